The molecule has 1 amide bonds. The van der Waals surface area contributed by atoms with Gasteiger partial charge in [0, 0.05) is 25.6 Å². The van der Waals surface area contributed by atoms with Gasteiger partial charge in [0.15, 0.2) is 0 Å². The lowest BCUT2D eigenvalue weighted by Gasteiger charge is -2.14. The monoisotopic (exact) mass is 294 g/mol. The van der Waals surface area contributed by atoms with Gasteiger partial charge in [-0.05, 0) is 25.5 Å². The summed E-state index contributed by atoms with van der Waals surface area (Å²) >= 11 is 0. The molecule has 5 nitrogen and oxygen atoms in total. The van der Waals surface area contributed by atoms with Crippen molar-refractivity contribution in [2.75, 3.05) is 11.4 Å². The first-order chi connectivity index (χ1) is 9.16. The van der Waals surface area contributed by atoms with Crippen molar-refractivity contribution >= 4 is 35.3 Å². The van der Waals surface area contributed by atoms with Crippen LogP contribution in [0.25, 0.3) is 11.0 Å². The van der Waals surface area contributed by atoms with E-state index in [0.717, 1.165) is 29.9 Å². The van der Waals surface area contributed by atoms with Gasteiger partial charge in [-0.1, -0.05) is 12.1 Å². The minimum Gasteiger partial charge on any atom is -0.328 e. The van der Waals surface area contributed by atoms with Crippen LogP contribution in [0, 0.1) is 0 Å². The SMILES string of the molecule is CC(N)CCC(=O)N1CCn2c1nc1ccccc12.Cl. The number of hydrogen-bond acceptors (Lipinski definition) is 3. The zero-order chi connectivity index (χ0) is 13.4. The van der Waals surface area contributed by atoms with Gasteiger partial charge in [-0.25, -0.2) is 4.98 Å². The van der Waals surface area contributed by atoms with E-state index < -0.39 is 0 Å². The van der Waals surface area contributed by atoms with E-state index in [1.165, 1.54) is 0 Å². The number of fused-ring (bicyclic) bond motifs is 3. The number of imidazole rings is 1. The third-order valence-corrected chi connectivity index (χ3v) is 3.54. The number of benzene rings is 1. The van der Waals surface area contributed by atoms with Crippen molar-refractivity contribution in [3.63, 3.8) is 0 Å². The first-order valence-electron chi connectivity index (χ1n) is 6.68. The Bertz CT molecular complexity index is 623. The largest absolute Gasteiger partial charge is 0.328 e. The predicted octanol–water partition coefficient (Wildman–Crippen LogP) is 1.93. The topological polar surface area (TPSA) is 64.2 Å². The average Bonchev–Trinajstić information content (AvgIpc) is 2.94. The first kappa shape index (κ1) is 14.8. The summed E-state index contributed by atoms with van der Waals surface area (Å²) in [6.07, 6.45) is 1.20. The summed E-state index contributed by atoms with van der Waals surface area (Å²) in [5.41, 5.74) is 7.75. The van der Waals surface area contributed by atoms with Crippen LogP contribution in [0.4, 0.5) is 5.95 Å². The third kappa shape index (κ3) is 2.51. The summed E-state index contributed by atoms with van der Waals surface area (Å²) in [4.78, 5) is 18.5. The molecule has 2 aromatic rings. The maximum absolute atomic E-state index is 12.2. The highest BCUT2D eigenvalue weighted by Crippen LogP contribution is 2.27. The zero-order valence-corrected chi connectivity index (χ0v) is 12.3. The van der Waals surface area contributed by atoms with Gasteiger partial charge in [-0.15, -0.1) is 12.4 Å². The Hall–Kier alpha value is -1.59. The highest BCUT2D eigenvalue weighted by atomic mass is 35.5. The number of anilines is 1. The van der Waals surface area contributed by atoms with Crippen LogP contribution in [-0.4, -0.2) is 28.0 Å². The van der Waals surface area contributed by atoms with E-state index in [4.69, 9.17) is 5.73 Å². The van der Waals surface area contributed by atoms with E-state index in [-0.39, 0.29) is 24.4 Å². The van der Waals surface area contributed by atoms with E-state index in [1.807, 2.05) is 31.2 Å². The van der Waals surface area contributed by atoms with Crippen molar-refractivity contribution in [2.24, 2.45) is 5.73 Å². The number of hydrogen-bond donors (Lipinski definition) is 1. The quantitative estimate of drug-likeness (QED) is 0.941. The number of nitrogens with zero attached hydrogens (tertiary/aromatic N) is 3. The minimum atomic E-state index is 0. The molecular weight excluding hydrogens is 276 g/mol. The van der Waals surface area contributed by atoms with Gasteiger partial charge in [0.1, 0.15) is 0 Å². The Morgan fingerprint density at radius 3 is 2.90 bits per heavy atom. The van der Waals surface area contributed by atoms with Crippen molar-refractivity contribution < 1.29 is 4.79 Å². The van der Waals surface area contributed by atoms with Gasteiger partial charge in [0.05, 0.1) is 11.0 Å². The van der Waals surface area contributed by atoms with Gasteiger partial charge < -0.3 is 10.3 Å². The first-order valence-corrected chi connectivity index (χ1v) is 6.68. The standard InChI is InChI=1S/C14H18N4O.ClH/c1-10(15)6-7-13(19)18-9-8-17-12-5-3-2-4-11(12)16-14(17)18;/h2-5,10H,6-9,15H2,1H3;1H. The third-order valence-electron chi connectivity index (χ3n) is 3.54. The van der Waals surface area contributed by atoms with E-state index in [2.05, 4.69) is 9.55 Å². The van der Waals surface area contributed by atoms with Crippen LogP contribution < -0.4 is 10.6 Å². The van der Waals surface area contributed by atoms with Crippen molar-refractivity contribution in [2.45, 2.75) is 32.4 Å². The van der Waals surface area contributed by atoms with Gasteiger partial charge in [0.25, 0.3) is 0 Å². The molecule has 0 saturated carbocycles. The number of carbonyl (C=O) groups is 1. The number of para-hydroxylation sites is 2. The lowest BCUT2D eigenvalue weighted by molar-refractivity contribution is -0.118. The van der Waals surface area contributed by atoms with Crippen LogP contribution in [-0.2, 0) is 11.3 Å². The molecule has 1 aromatic carbocycles. The van der Waals surface area contributed by atoms with Gasteiger partial charge in [-0.3, -0.25) is 9.69 Å². The summed E-state index contributed by atoms with van der Waals surface area (Å²) < 4.78 is 2.11. The molecule has 1 aromatic heterocycles. The molecule has 1 aliphatic rings. The summed E-state index contributed by atoms with van der Waals surface area (Å²) in [6, 6.07) is 8.04. The van der Waals surface area contributed by atoms with Crippen LogP contribution >= 0.6 is 12.4 Å². The number of nitrogens with two attached hydrogens (primary N) is 1. The van der Waals surface area contributed by atoms with Crippen LogP contribution in [0.3, 0.4) is 0 Å². The number of amides is 1. The van der Waals surface area contributed by atoms with E-state index in [9.17, 15) is 4.79 Å². The van der Waals surface area contributed by atoms with Crippen molar-refractivity contribution in [1.82, 2.24) is 9.55 Å². The molecule has 3 rings (SSSR count). The predicted molar refractivity (Wildman–Crippen MR) is 82.2 cm³/mol. The van der Waals surface area contributed by atoms with Gasteiger partial charge in [-0.2, -0.15) is 0 Å². The fourth-order valence-corrected chi connectivity index (χ4v) is 2.51. The lowest BCUT2D eigenvalue weighted by Crippen LogP contribution is -2.30. The molecule has 1 unspecified atom stereocenters. The summed E-state index contributed by atoms with van der Waals surface area (Å²) in [5, 5.41) is 0. The molecule has 2 N–H and O–H groups in total. The summed E-state index contributed by atoms with van der Waals surface area (Å²) in [5.74, 6) is 0.891. The molecule has 0 aliphatic carbocycles. The van der Waals surface area contributed by atoms with Crippen LogP contribution in [0.5, 0.6) is 0 Å². The maximum atomic E-state index is 12.2. The van der Waals surface area contributed by atoms with Crippen molar-refractivity contribution in [3.05, 3.63) is 24.3 Å². The second-order valence-corrected chi connectivity index (χ2v) is 5.11. The molecule has 0 fully saturated rings. The molecule has 0 saturated heterocycles. The Kier molecular flexibility index (Phi) is 4.30. The number of rotatable bonds is 3. The van der Waals surface area contributed by atoms with Crippen LogP contribution in [0.15, 0.2) is 24.3 Å². The molecule has 108 valence electrons. The molecule has 1 atom stereocenters. The fraction of sp³-hybridized carbons (Fsp3) is 0.429. The smallest absolute Gasteiger partial charge is 0.229 e. The second kappa shape index (κ2) is 5.81. The number of carbonyl (C=O) groups excluding carboxylic acids is 1. The van der Waals surface area contributed by atoms with Crippen molar-refractivity contribution in [1.29, 1.82) is 0 Å². The fourth-order valence-electron chi connectivity index (χ4n) is 2.51. The van der Waals surface area contributed by atoms with Crippen LogP contribution in [0.2, 0.25) is 0 Å². The summed E-state index contributed by atoms with van der Waals surface area (Å²) in [7, 11) is 0. The summed E-state index contributed by atoms with van der Waals surface area (Å²) in [6.45, 7) is 3.46. The normalized spacial score (nSPS) is 15.0. The number of halogens is 1. The average molecular weight is 295 g/mol. The van der Waals surface area contributed by atoms with E-state index in [0.29, 0.717) is 13.0 Å². The Morgan fingerprint density at radius 2 is 2.15 bits per heavy atom. The Labute approximate surface area is 124 Å². The van der Waals surface area contributed by atoms with Crippen LogP contribution in [0.1, 0.15) is 19.8 Å². The molecule has 1 aliphatic heterocycles. The highest BCUT2D eigenvalue weighted by Gasteiger charge is 2.27. The molecule has 0 radical (unpaired) electrons. The molecule has 0 spiro atoms. The zero-order valence-electron chi connectivity index (χ0n) is 11.5. The Balaban J connectivity index is 0.00000147. The molecule has 2 heterocycles. The molecule has 0 bridgehead atoms. The molecule has 20 heavy (non-hydrogen) atoms. The van der Waals surface area contributed by atoms with E-state index >= 15 is 0 Å². The van der Waals surface area contributed by atoms with E-state index in [1.54, 1.807) is 4.90 Å². The Morgan fingerprint density at radius 1 is 1.40 bits per heavy atom. The van der Waals surface area contributed by atoms with Gasteiger partial charge in [0.2, 0.25) is 11.9 Å². The second-order valence-electron chi connectivity index (χ2n) is 5.11. The lowest BCUT2D eigenvalue weighted by atomic mass is 10.2. The number of aromatic nitrogens is 2. The highest BCUT2D eigenvalue weighted by molar-refractivity contribution is 5.94. The maximum Gasteiger partial charge on any atom is 0.229 e. The minimum absolute atomic E-state index is 0. The molecule has 6 heteroatoms. The van der Waals surface area contributed by atoms with Crippen molar-refractivity contribution in [3.8, 4) is 0 Å². The molecular formula is C14H19ClN4O. The van der Waals surface area contributed by atoms with Gasteiger partial charge >= 0.3 is 0 Å².